The topological polar surface area (TPSA) is 79.4 Å². The summed E-state index contributed by atoms with van der Waals surface area (Å²) in [6.07, 6.45) is 6.99. The zero-order chi connectivity index (χ0) is 26.2. The summed E-state index contributed by atoms with van der Waals surface area (Å²) >= 11 is 0. The highest BCUT2D eigenvalue weighted by molar-refractivity contribution is 5.98. The van der Waals surface area contributed by atoms with Crippen LogP contribution in [0.4, 0.5) is 5.82 Å². The van der Waals surface area contributed by atoms with Gasteiger partial charge in [-0.2, -0.15) is 5.26 Å². The first-order valence-corrected chi connectivity index (χ1v) is 13.1. The third-order valence-corrected chi connectivity index (χ3v) is 6.90. The van der Waals surface area contributed by atoms with Gasteiger partial charge >= 0.3 is 0 Å². The van der Waals surface area contributed by atoms with Gasteiger partial charge in [-0.3, -0.25) is 4.79 Å². The van der Waals surface area contributed by atoms with Crippen molar-refractivity contribution >= 4 is 17.9 Å². The average Bonchev–Trinajstić information content (AvgIpc) is 3.31. The summed E-state index contributed by atoms with van der Waals surface area (Å²) in [6, 6.07) is 32.2. The molecule has 0 radical (unpaired) electrons. The summed E-state index contributed by atoms with van der Waals surface area (Å²) < 4.78 is 2.19. The first-order chi connectivity index (χ1) is 18.8. The fraction of sp³-hybridized carbons (Fsp3) is 0.219. The van der Waals surface area contributed by atoms with Gasteiger partial charge in [0.2, 0.25) is 0 Å². The molecule has 190 valence electrons. The van der Waals surface area contributed by atoms with Crippen LogP contribution in [0.5, 0.6) is 0 Å². The van der Waals surface area contributed by atoms with E-state index >= 15 is 0 Å². The highest BCUT2D eigenvalue weighted by Gasteiger charge is 2.30. The number of rotatable bonds is 8. The second-order valence-electron chi connectivity index (χ2n) is 9.42. The molecule has 4 aromatic rings. The molecule has 0 saturated heterocycles. The second-order valence-corrected chi connectivity index (χ2v) is 9.42. The third kappa shape index (κ3) is 5.52. The Morgan fingerprint density at radius 1 is 0.921 bits per heavy atom. The molecule has 0 atom stereocenters. The number of nitrogens with zero attached hydrogens (tertiary/aromatic N) is 3. The molecule has 1 fully saturated rings. The van der Waals surface area contributed by atoms with Crippen LogP contribution >= 0.6 is 0 Å². The van der Waals surface area contributed by atoms with Crippen molar-refractivity contribution in [3.05, 3.63) is 102 Å². The summed E-state index contributed by atoms with van der Waals surface area (Å²) in [4.78, 5) is 18.4. The molecule has 5 rings (SSSR count). The van der Waals surface area contributed by atoms with Crippen molar-refractivity contribution in [2.75, 3.05) is 11.9 Å². The monoisotopic (exact) mass is 502 g/mol. The van der Waals surface area contributed by atoms with E-state index in [9.17, 15) is 10.1 Å². The van der Waals surface area contributed by atoms with Crippen LogP contribution in [0.15, 0.2) is 96.2 Å². The van der Waals surface area contributed by atoms with Crippen LogP contribution in [0.2, 0.25) is 0 Å². The number of nitrogens with one attached hydrogen (secondary N) is 1. The summed E-state index contributed by atoms with van der Waals surface area (Å²) in [5.74, 6) is 0.165. The van der Waals surface area contributed by atoms with Crippen LogP contribution < -0.4 is 5.32 Å². The Labute approximate surface area is 223 Å². The summed E-state index contributed by atoms with van der Waals surface area (Å²) in [7, 11) is 0. The first kappa shape index (κ1) is 25.0. The van der Waals surface area contributed by atoms with E-state index in [4.69, 9.17) is 4.84 Å². The molecule has 0 aliphatic heterocycles. The van der Waals surface area contributed by atoms with Gasteiger partial charge in [-0.1, -0.05) is 115 Å². The molecule has 38 heavy (non-hydrogen) atoms. The standard InChI is InChI=1S/C32H30N4O2/c33-21-28-30(25-15-7-2-8-16-25)31(26-17-9-3-10-18-26)36(27-19-11-4-12-20-27)32(28)35-29(37)23-38-34-22-24-13-5-1-6-14-24/h1-3,5-10,13-18,22,27H,4,11-12,19-20,23H2,(H,35,37)/b34-22-. The Morgan fingerprint density at radius 2 is 1.53 bits per heavy atom. The predicted molar refractivity (Wildman–Crippen MR) is 151 cm³/mol. The van der Waals surface area contributed by atoms with Crippen LogP contribution in [-0.2, 0) is 9.63 Å². The maximum Gasteiger partial charge on any atom is 0.266 e. The summed E-state index contributed by atoms with van der Waals surface area (Å²) in [5.41, 5.74) is 5.09. The van der Waals surface area contributed by atoms with Crippen molar-refractivity contribution in [2.45, 2.75) is 38.1 Å². The van der Waals surface area contributed by atoms with Crippen molar-refractivity contribution in [2.24, 2.45) is 5.16 Å². The Kier molecular flexibility index (Phi) is 7.95. The molecular formula is C32H30N4O2. The van der Waals surface area contributed by atoms with Gasteiger partial charge in [0.25, 0.3) is 5.91 Å². The molecule has 1 aliphatic carbocycles. The van der Waals surface area contributed by atoms with Crippen molar-refractivity contribution in [1.29, 1.82) is 5.26 Å². The van der Waals surface area contributed by atoms with Crippen LogP contribution in [-0.4, -0.2) is 23.3 Å². The van der Waals surface area contributed by atoms with Gasteiger partial charge in [0, 0.05) is 11.6 Å². The Bertz CT molecular complexity index is 1430. The van der Waals surface area contributed by atoms with Crippen LogP contribution in [0, 0.1) is 11.3 Å². The molecule has 1 saturated carbocycles. The van der Waals surface area contributed by atoms with Crippen molar-refractivity contribution in [3.63, 3.8) is 0 Å². The van der Waals surface area contributed by atoms with Crippen molar-refractivity contribution in [1.82, 2.24) is 4.57 Å². The van der Waals surface area contributed by atoms with Gasteiger partial charge in [-0.15, -0.1) is 0 Å². The second kappa shape index (κ2) is 12.1. The Hall–Kier alpha value is -4.63. The molecule has 0 bridgehead atoms. The maximum absolute atomic E-state index is 13.1. The van der Waals surface area contributed by atoms with Crippen LogP contribution in [0.1, 0.15) is 49.3 Å². The molecule has 1 aliphatic rings. The number of hydrogen-bond donors (Lipinski definition) is 1. The predicted octanol–water partition coefficient (Wildman–Crippen LogP) is 7.19. The van der Waals surface area contributed by atoms with E-state index in [0.717, 1.165) is 53.6 Å². The van der Waals surface area contributed by atoms with E-state index in [0.29, 0.717) is 11.4 Å². The summed E-state index contributed by atoms with van der Waals surface area (Å²) in [6.45, 7) is -0.259. The number of anilines is 1. The van der Waals surface area contributed by atoms with Crippen LogP contribution in [0.3, 0.4) is 0 Å². The lowest BCUT2D eigenvalue weighted by atomic mass is 9.94. The van der Waals surface area contributed by atoms with Crippen molar-refractivity contribution < 1.29 is 9.63 Å². The number of oxime groups is 1. The molecule has 3 aromatic carbocycles. The minimum absolute atomic E-state index is 0.177. The number of carbonyl (C=O) groups is 1. The SMILES string of the molecule is N#Cc1c(-c2ccccc2)c(-c2ccccc2)n(C2CCCCC2)c1NC(=O)CO/N=C\c1ccccc1. The van der Waals surface area contributed by atoms with E-state index in [1.165, 1.54) is 6.42 Å². The Balaban J connectivity index is 1.55. The first-order valence-electron chi connectivity index (χ1n) is 13.1. The van der Waals surface area contributed by atoms with Gasteiger partial charge in [-0.05, 0) is 29.5 Å². The lowest BCUT2D eigenvalue weighted by Gasteiger charge is -2.28. The fourth-order valence-electron chi connectivity index (χ4n) is 5.19. The highest BCUT2D eigenvalue weighted by Crippen LogP contribution is 2.46. The maximum atomic E-state index is 13.1. The molecule has 6 heteroatoms. The number of amides is 1. The van der Waals surface area contributed by atoms with Gasteiger partial charge in [0.05, 0.1) is 11.9 Å². The third-order valence-electron chi connectivity index (χ3n) is 6.90. The van der Waals surface area contributed by atoms with Gasteiger partial charge in [0.15, 0.2) is 6.61 Å². The minimum Gasteiger partial charge on any atom is -0.386 e. The van der Waals surface area contributed by atoms with Crippen LogP contribution in [0.25, 0.3) is 22.4 Å². The quantitative estimate of drug-likeness (QED) is 0.205. The molecular weight excluding hydrogens is 472 g/mol. The lowest BCUT2D eigenvalue weighted by Crippen LogP contribution is -2.23. The van der Waals surface area contributed by atoms with Gasteiger partial charge in [0.1, 0.15) is 17.5 Å². The molecule has 1 heterocycles. The summed E-state index contributed by atoms with van der Waals surface area (Å²) in [5, 5.41) is 17.4. The van der Waals surface area contributed by atoms with E-state index in [2.05, 4.69) is 33.2 Å². The fourth-order valence-corrected chi connectivity index (χ4v) is 5.19. The Morgan fingerprint density at radius 3 is 2.16 bits per heavy atom. The zero-order valence-electron chi connectivity index (χ0n) is 21.2. The van der Waals surface area contributed by atoms with E-state index < -0.39 is 0 Å². The number of nitriles is 1. The molecule has 0 unspecified atom stereocenters. The average molecular weight is 503 g/mol. The van der Waals surface area contributed by atoms with E-state index in [1.807, 2.05) is 78.9 Å². The van der Waals surface area contributed by atoms with Crippen molar-refractivity contribution in [3.8, 4) is 28.5 Å². The molecule has 1 amide bonds. The van der Waals surface area contributed by atoms with Gasteiger partial charge < -0.3 is 14.7 Å². The lowest BCUT2D eigenvalue weighted by molar-refractivity contribution is -0.120. The number of aromatic nitrogens is 1. The minimum atomic E-state index is -0.361. The molecule has 1 N–H and O–H groups in total. The van der Waals surface area contributed by atoms with E-state index in [-0.39, 0.29) is 18.6 Å². The molecule has 0 spiro atoms. The number of carbonyl (C=O) groups excluding carboxylic acids is 1. The number of benzene rings is 3. The highest BCUT2D eigenvalue weighted by atomic mass is 16.6. The number of hydrogen-bond acceptors (Lipinski definition) is 4. The van der Waals surface area contributed by atoms with E-state index in [1.54, 1.807) is 6.21 Å². The normalized spacial score (nSPS) is 13.8. The zero-order valence-corrected chi connectivity index (χ0v) is 21.2. The van der Waals surface area contributed by atoms with Gasteiger partial charge in [-0.25, -0.2) is 0 Å². The molecule has 6 nitrogen and oxygen atoms in total. The smallest absolute Gasteiger partial charge is 0.266 e. The molecule has 1 aromatic heterocycles. The largest absolute Gasteiger partial charge is 0.386 e.